The largest absolute Gasteiger partial charge is 3.00 e. The molecule has 0 unspecified atom stereocenters. The van der Waals surface area contributed by atoms with Crippen molar-refractivity contribution in [1.29, 1.82) is 0 Å². The Bertz CT molecular complexity index is 6.00. The maximum absolute atomic E-state index is 0. The van der Waals surface area contributed by atoms with E-state index in [-0.39, 0.29) is 91.3 Å². The third-order valence-corrected chi connectivity index (χ3v) is 0. The van der Waals surface area contributed by atoms with Crippen LogP contribution in [0.25, 0.3) is 0 Å². The van der Waals surface area contributed by atoms with Gasteiger partial charge in [-0.25, -0.2) is 0 Å². The Morgan fingerprint density at radius 1 is 0.750 bits per heavy atom. The molecule has 0 bridgehead atoms. The van der Waals surface area contributed by atoms with Crippen molar-refractivity contribution in [2.75, 3.05) is 0 Å². The summed E-state index contributed by atoms with van der Waals surface area (Å²) < 4.78 is 0. The molecule has 0 atom stereocenters. The molecule has 0 amide bonds. The first-order valence-corrected chi connectivity index (χ1v) is 0. The minimum Gasteiger partial charge on any atom is -2.00 e. The summed E-state index contributed by atoms with van der Waals surface area (Å²) in [6.45, 7) is 0. The van der Waals surface area contributed by atoms with Crippen molar-refractivity contribution in [3.63, 3.8) is 0 Å². The van der Waals surface area contributed by atoms with Crippen molar-refractivity contribution in [2.45, 2.75) is 0 Å². The summed E-state index contributed by atoms with van der Waals surface area (Å²) in [6, 6.07) is 0. The predicted molar refractivity (Wildman–Crippen MR) is 1.37 cm³/mol. The van der Waals surface area contributed by atoms with Gasteiger partial charge in [0, 0.05) is 0 Å². The van der Waals surface area contributed by atoms with Gasteiger partial charge in [0.15, 0.2) is 0 Å². The van der Waals surface area contributed by atoms with Crippen molar-refractivity contribution in [1.82, 2.24) is 0 Å². The normalized spacial score (nSPS) is 0. The molecule has 0 aromatic rings. The zero-order chi connectivity index (χ0) is 0. The van der Waals surface area contributed by atoms with Crippen LogP contribution in [-0.2, 0) is 11.0 Å². The Morgan fingerprint density at radius 3 is 0.750 bits per heavy atom. The molecule has 4 heavy (non-hydrogen) atoms. The van der Waals surface area contributed by atoms with Gasteiger partial charge in [-0.3, -0.25) is 0 Å². The van der Waals surface area contributed by atoms with Crippen LogP contribution in [-0.4, -0.2) is 0 Å². The van der Waals surface area contributed by atoms with E-state index >= 15 is 0 Å². The van der Waals surface area contributed by atoms with Gasteiger partial charge < -0.3 is 11.0 Å². The molecular formula is GdO2Sm+2. The van der Waals surface area contributed by atoms with Crippen LogP contribution >= 0.6 is 0 Å². The molecule has 24 valence electrons. The molecule has 4 heteroatoms. The molecule has 0 heterocycles. The van der Waals surface area contributed by atoms with Crippen molar-refractivity contribution < 1.29 is 91.3 Å². The first-order chi connectivity index (χ1) is 0. The van der Waals surface area contributed by atoms with Crippen molar-refractivity contribution in [3.05, 3.63) is 0 Å². The fourth-order valence-electron chi connectivity index (χ4n) is 0. The molecule has 0 fully saturated rings. The summed E-state index contributed by atoms with van der Waals surface area (Å²) in [5.41, 5.74) is 0. The van der Waals surface area contributed by atoms with Crippen molar-refractivity contribution in [2.24, 2.45) is 0 Å². The van der Waals surface area contributed by atoms with Gasteiger partial charge in [0.05, 0.1) is 0 Å². The maximum Gasteiger partial charge on any atom is 3.00 e. The predicted octanol–water partition coefficient (Wildman–Crippen LogP) is -0.238. The smallest absolute Gasteiger partial charge is 2.00 e. The van der Waals surface area contributed by atoms with E-state index in [1.165, 1.54) is 0 Å². The van der Waals surface area contributed by atoms with Gasteiger partial charge in [-0.1, -0.05) is 0 Å². The molecule has 2 nitrogen and oxygen atoms in total. The second-order valence-corrected chi connectivity index (χ2v) is 0. The number of rotatable bonds is 0. The second-order valence-electron chi connectivity index (χ2n) is 0. The van der Waals surface area contributed by atoms with Crippen LogP contribution in [0.2, 0.25) is 0 Å². The van der Waals surface area contributed by atoms with E-state index < -0.39 is 0 Å². The Kier molecular flexibility index (Phi) is 135. The van der Waals surface area contributed by atoms with Gasteiger partial charge in [0.2, 0.25) is 0 Å². The average Bonchev–Trinajstić information content (AvgIpc) is 0. The molecule has 0 rings (SSSR count). The fourth-order valence-corrected chi connectivity index (χ4v) is 0. The topological polar surface area (TPSA) is 57.0 Å². The second kappa shape index (κ2) is 17.6. The van der Waals surface area contributed by atoms with Crippen LogP contribution in [0.15, 0.2) is 0 Å². The van der Waals surface area contributed by atoms with Crippen LogP contribution < -0.4 is 0 Å². The van der Waals surface area contributed by atoms with Gasteiger partial charge in [0.1, 0.15) is 0 Å². The molecule has 2 radical (unpaired) electrons. The molecular weight excluding hydrogens is 340 g/mol. The quantitative estimate of drug-likeness (QED) is 0.585. The van der Waals surface area contributed by atoms with Crippen LogP contribution in [0, 0.1) is 80.3 Å². The minimum atomic E-state index is 0. The van der Waals surface area contributed by atoms with E-state index in [0.29, 0.717) is 0 Å². The molecule has 0 spiro atoms. The third-order valence-electron chi connectivity index (χ3n) is 0. The molecule has 0 N–H and O–H groups in total. The summed E-state index contributed by atoms with van der Waals surface area (Å²) in [4.78, 5) is 0. The fraction of sp³-hybridized carbons (Fsp3) is 0. The minimum absolute atomic E-state index is 0. The Morgan fingerprint density at radius 2 is 0.750 bits per heavy atom. The Hall–Kier alpha value is 2.58. The zero-order valence-corrected chi connectivity index (χ0v) is 6.47. The van der Waals surface area contributed by atoms with E-state index in [2.05, 4.69) is 0 Å². The molecule has 0 aliphatic rings. The molecule has 0 saturated heterocycles. The van der Waals surface area contributed by atoms with Crippen LogP contribution in [0.3, 0.4) is 0 Å². The van der Waals surface area contributed by atoms with E-state index in [4.69, 9.17) is 0 Å². The maximum atomic E-state index is 0. The van der Waals surface area contributed by atoms with Gasteiger partial charge in [-0.2, -0.15) is 0 Å². The van der Waals surface area contributed by atoms with Gasteiger partial charge in [-0.05, 0) is 0 Å². The van der Waals surface area contributed by atoms with Crippen LogP contribution in [0.5, 0.6) is 0 Å². The molecule has 0 saturated carbocycles. The summed E-state index contributed by atoms with van der Waals surface area (Å²) in [6.07, 6.45) is 0. The van der Waals surface area contributed by atoms with Gasteiger partial charge >= 0.3 is 80.3 Å². The van der Waals surface area contributed by atoms with Crippen molar-refractivity contribution in [3.8, 4) is 0 Å². The SMILES string of the molecule is [Gd+3].[O-2].[O-2].[Sm+3]. The molecule has 0 aromatic heterocycles. The Balaban J connectivity index is 0. The van der Waals surface area contributed by atoms with E-state index in [1.54, 1.807) is 0 Å². The van der Waals surface area contributed by atoms with Gasteiger partial charge in [0.25, 0.3) is 0 Å². The van der Waals surface area contributed by atoms with Gasteiger partial charge in [-0.15, -0.1) is 0 Å². The number of hydrogen-bond donors (Lipinski definition) is 0. The Labute approximate surface area is 89.1 Å². The third kappa shape index (κ3) is 8.82. The monoisotopic (exact) mass is 342 g/mol. The summed E-state index contributed by atoms with van der Waals surface area (Å²) in [5, 5.41) is 0. The van der Waals surface area contributed by atoms with Crippen LogP contribution in [0.1, 0.15) is 0 Å². The van der Waals surface area contributed by atoms with Crippen LogP contribution in [0.4, 0.5) is 0 Å². The summed E-state index contributed by atoms with van der Waals surface area (Å²) >= 11 is 0. The summed E-state index contributed by atoms with van der Waals surface area (Å²) in [7, 11) is 0. The van der Waals surface area contributed by atoms with Crippen molar-refractivity contribution >= 4 is 0 Å². The van der Waals surface area contributed by atoms with E-state index in [9.17, 15) is 0 Å². The number of hydrogen-bond acceptors (Lipinski definition) is 0. The molecule has 0 aliphatic heterocycles. The standard InChI is InChI=1S/Gd.2O.Sm/q+3;2*-2;+3. The first kappa shape index (κ1) is 30.8. The average molecular weight is 340 g/mol. The van der Waals surface area contributed by atoms with E-state index in [0.717, 1.165) is 0 Å². The molecule has 0 aliphatic carbocycles. The molecule has 0 aromatic carbocycles. The zero-order valence-electron chi connectivity index (χ0n) is 1.58. The van der Waals surface area contributed by atoms with E-state index in [1.807, 2.05) is 0 Å². The first-order valence-electron chi connectivity index (χ1n) is 0. The summed E-state index contributed by atoms with van der Waals surface area (Å²) in [5.74, 6) is 0.